The predicted octanol–water partition coefficient (Wildman–Crippen LogP) is 3.07. The van der Waals surface area contributed by atoms with E-state index in [0.717, 1.165) is 23.6 Å². The number of benzene rings is 2. The van der Waals surface area contributed by atoms with Crippen molar-refractivity contribution in [1.82, 2.24) is 5.32 Å². The summed E-state index contributed by atoms with van der Waals surface area (Å²) in [6.45, 7) is 3.46. The van der Waals surface area contributed by atoms with Crippen molar-refractivity contribution in [2.75, 3.05) is 13.2 Å². The van der Waals surface area contributed by atoms with Crippen LogP contribution in [0.15, 0.2) is 42.5 Å². The first-order valence-corrected chi connectivity index (χ1v) is 8.15. The lowest BCUT2D eigenvalue weighted by atomic mass is 10.1. The van der Waals surface area contributed by atoms with Crippen molar-refractivity contribution in [3.63, 3.8) is 0 Å². The maximum atomic E-state index is 11.7. The van der Waals surface area contributed by atoms with E-state index in [4.69, 9.17) is 9.47 Å². The second kappa shape index (κ2) is 8.91. The lowest BCUT2D eigenvalue weighted by molar-refractivity contribution is -0.150. The Morgan fingerprint density at radius 3 is 2.58 bits per heavy atom. The van der Waals surface area contributed by atoms with Crippen LogP contribution in [0.5, 0.6) is 5.75 Å². The largest absolute Gasteiger partial charge is 0.482 e. The summed E-state index contributed by atoms with van der Waals surface area (Å²) in [7, 11) is 0. The molecule has 24 heavy (non-hydrogen) atoms. The van der Waals surface area contributed by atoms with Crippen molar-refractivity contribution >= 4 is 22.6 Å². The molecule has 0 radical (unpaired) electrons. The summed E-state index contributed by atoms with van der Waals surface area (Å²) in [4.78, 5) is 23.3. The molecule has 1 atom stereocenters. The molecule has 0 spiro atoms. The average Bonchev–Trinajstić information content (AvgIpc) is 2.58. The van der Waals surface area contributed by atoms with Gasteiger partial charge in [0.25, 0.3) is 5.91 Å². The van der Waals surface area contributed by atoms with Gasteiger partial charge in [-0.05, 0) is 36.2 Å². The maximum absolute atomic E-state index is 11.7. The smallest absolute Gasteiger partial charge is 0.344 e. The summed E-state index contributed by atoms with van der Waals surface area (Å²) in [5.41, 5.74) is 0. The molecule has 0 aliphatic rings. The molecule has 0 heterocycles. The standard InChI is InChI=1S/C19H23NO4/c1-3-6-14(2)20-18(21)12-24-19(22)13-23-17-10-9-15-7-4-5-8-16(15)11-17/h4-5,7-11,14H,3,6,12-13H2,1-2H3,(H,20,21). The first kappa shape index (κ1) is 17.8. The highest BCUT2D eigenvalue weighted by molar-refractivity contribution is 5.84. The second-order valence-corrected chi connectivity index (χ2v) is 5.72. The summed E-state index contributed by atoms with van der Waals surface area (Å²) < 4.78 is 10.3. The van der Waals surface area contributed by atoms with Gasteiger partial charge >= 0.3 is 5.97 Å². The van der Waals surface area contributed by atoms with E-state index in [2.05, 4.69) is 5.32 Å². The van der Waals surface area contributed by atoms with Crippen molar-refractivity contribution in [3.05, 3.63) is 42.5 Å². The summed E-state index contributed by atoms with van der Waals surface area (Å²) in [6.07, 6.45) is 1.88. The van der Waals surface area contributed by atoms with E-state index >= 15 is 0 Å². The fraction of sp³-hybridized carbons (Fsp3) is 0.368. The van der Waals surface area contributed by atoms with Crippen LogP contribution >= 0.6 is 0 Å². The molecule has 0 fully saturated rings. The van der Waals surface area contributed by atoms with Crippen molar-refractivity contribution < 1.29 is 19.1 Å². The Morgan fingerprint density at radius 1 is 1.08 bits per heavy atom. The maximum Gasteiger partial charge on any atom is 0.344 e. The third-order valence-corrected chi connectivity index (χ3v) is 3.57. The number of rotatable bonds is 8. The van der Waals surface area contributed by atoms with E-state index in [1.54, 1.807) is 6.07 Å². The van der Waals surface area contributed by atoms with E-state index < -0.39 is 5.97 Å². The van der Waals surface area contributed by atoms with E-state index in [9.17, 15) is 9.59 Å². The topological polar surface area (TPSA) is 64.6 Å². The van der Waals surface area contributed by atoms with Gasteiger partial charge in [0.1, 0.15) is 5.75 Å². The van der Waals surface area contributed by atoms with Crippen molar-refractivity contribution in [1.29, 1.82) is 0 Å². The lowest BCUT2D eigenvalue weighted by Gasteiger charge is -2.13. The minimum absolute atomic E-state index is 0.0788. The summed E-state index contributed by atoms with van der Waals surface area (Å²) in [6, 6.07) is 13.6. The highest BCUT2D eigenvalue weighted by Crippen LogP contribution is 2.20. The van der Waals surface area contributed by atoms with Crippen molar-refractivity contribution in [2.45, 2.75) is 32.7 Å². The van der Waals surface area contributed by atoms with E-state index in [1.165, 1.54) is 0 Å². The molecule has 0 saturated carbocycles. The predicted molar refractivity (Wildman–Crippen MR) is 92.9 cm³/mol. The minimum atomic E-state index is -0.568. The van der Waals surface area contributed by atoms with Crippen LogP contribution in [0.4, 0.5) is 0 Å². The third-order valence-electron chi connectivity index (χ3n) is 3.57. The molecule has 2 rings (SSSR count). The summed E-state index contributed by atoms with van der Waals surface area (Å²) in [5, 5.41) is 4.91. The molecular formula is C19H23NO4. The number of hydrogen-bond acceptors (Lipinski definition) is 4. The number of fused-ring (bicyclic) bond motifs is 1. The molecule has 5 heteroatoms. The molecular weight excluding hydrogens is 306 g/mol. The molecule has 1 N–H and O–H groups in total. The highest BCUT2D eigenvalue weighted by Gasteiger charge is 2.10. The van der Waals surface area contributed by atoms with E-state index in [-0.39, 0.29) is 25.2 Å². The number of nitrogens with one attached hydrogen (secondary N) is 1. The van der Waals surface area contributed by atoms with Crippen LogP contribution in [0.1, 0.15) is 26.7 Å². The van der Waals surface area contributed by atoms with Crippen LogP contribution in [0.2, 0.25) is 0 Å². The number of carbonyl (C=O) groups is 2. The zero-order chi connectivity index (χ0) is 17.4. The molecule has 128 valence electrons. The van der Waals surface area contributed by atoms with Gasteiger partial charge in [-0.3, -0.25) is 4.79 Å². The van der Waals surface area contributed by atoms with Crippen LogP contribution in [0, 0.1) is 0 Å². The van der Waals surface area contributed by atoms with Gasteiger partial charge in [-0.25, -0.2) is 4.79 Å². The Kier molecular flexibility index (Phi) is 6.61. The zero-order valence-electron chi connectivity index (χ0n) is 14.1. The quantitative estimate of drug-likeness (QED) is 0.756. The molecule has 0 aliphatic carbocycles. The number of hydrogen-bond donors (Lipinski definition) is 1. The summed E-state index contributed by atoms with van der Waals surface area (Å²) >= 11 is 0. The van der Waals surface area contributed by atoms with Gasteiger partial charge in [-0.2, -0.15) is 0 Å². The molecule has 0 aliphatic heterocycles. The number of ether oxygens (including phenoxy) is 2. The Labute approximate surface area is 141 Å². The van der Waals surface area contributed by atoms with Crippen molar-refractivity contribution in [2.24, 2.45) is 0 Å². The molecule has 5 nitrogen and oxygen atoms in total. The van der Waals surface area contributed by atoms with Crippen LogP contribution < -0.4 is 10.1 Å². The van der Waals surface area contributed by atoms with Crippen LogP contribution in [0.25, 0.3) is 10.8 Å². The van der Waals surface area contributed by atoms with E-state index in [1.807, 2.05) is 50.2 Å². The first-order chi connectivity index (χ1) is 11.6. The van der Waals surface area contributed by atoms with Crippen molar-refractivity contribution in [3.8, 4) is 5.75 Å². The van der Waals surface area contributed by atoms with Gasteiger partial charge in [0.2, 0.25) is 0 Å². The Hall–Kier alpha value is -2.56. The lowest BCUT2D eigenvalue weighted by Crippen LogP contribution is -2.36. The molecule has 2 aromatic rings. The Bertz CT molecular complexity index is 699. The molecule has 1 unspecified atom stereocenters. The minimum Gasteiger partial charge on any atom is -0.482 e. The fourth-order valence-electron chi connectivity index (χ4n) is 2.41. The molecule has 1 amide bonds. The van der Waals surface area contributed by atoms with Gasteiger partial charge in [-0.1, -0.05) is 43.7 Å². The third kappa shape index (κ3) is 5.57. The van der Waals surface area contributed by atoms with Crippen LogP contribution in [-0.4, -0.2) is 31.1 Å². The van der Waals surface area contributed by atoms with Gasteiger partial charge in [0.15, 0.2) is 13.2 Å². The normalized spacial score (nSPS) is 11.8. The summed E-state index contributed by atoms with van der Waals surface area (Å²) in [5.74, 6) is -0.275. The molecule has 0 aromatic heterocycles. The SMILES string of the molecule is CCCC(C)NC(=O)COC(=O)COc1ccc2ccccc2c1. The first-order valence-electron chi connectivity index (χ1n) is 8.15. The zero-order valence-corrected chi connectivity index (χ0v) is 14.1. The number of amides is 1. The molecule has 2 aromatic carbocycles. The van der Waals surface area contributed by atoms with Crippen LogP contribution in [-0.2, 0) is 14.3 Å². The van der Waals surface area contributed by atoms with Crippen LogP contribution in [0.3, 0.4) is 0 Å². The monoisotopic (exact) mass is 329 g/mol. The molecule has 0 bridgehead atoms. The van der Waals surface area contributed by atoms with Gasteiger partial charge < -0.3 is 14.8 Å². The highest BCUT2D eigenvalue weighted by atomic mass is 16.6. The Balaban J connectivity index is 1.75. The van der Waals surface area contributed by atoms with Gasteiger partial charge in [0.05, 0.1) is 0 Å². The van der Waals surface area contributed by atoms with Gasteiger partial charge in [0, 0.05) is 6.04 Å². The van der Waals surface area contributed by atoms with Gasteiger partial charge in [-0.15, -0.1) is 0 Å². The Morgan fingerprint density at radius 2 is 1.83 bits per heavy atom. The van der Waals surface area contributed by atoms with E-state index in [0.29, 0.717) is 5.75 Å². The average molecular weight is 329 g/mol. The fourth-order valence-corrected chi connectivity index (χ4v) is 2.41. The number of carbonyl (C=O) groups excluding carboxylic acids is 2. The second-order valence-electron chi connectivity index (χ2n) is 5.72. The number of esters is 1. The molecule has 0 saturated heterocycles.